The van der Waals surface area contributed by atoms with Crippen LogP contribution in [0.25, 0.3) is 0 Å². The molecule has 0 saturated carbocycles. The Morgan fingerprint density at radius 3 is 2.64 bits per heavy atom. The highest BCUT2D eigenvalue weighted by Crippen LogP contribution is 1.74. The van der Waals surface area contributed by atoms with Crippen LogP contribution in [0.15, 0.2) is 0 Å². The second-order valence-electron chi connectivity index (χ2n) is 2.19. The van der Waals surface area contributed by atoms with Gasteiger partial charge in [0.1, 0.15) is 0 Å². The number of rotatable bonds is 5. The highest BCUT2D eigenvalue weighted by atomic mass is 16.5. The molecule has 11 heavy (non-hydrogen) atoms. The van der Waals surface area contributed by atoms with Crippen LogP contribution in [0.5, 0.6) is 0 Å². The molecule has 2 N–H and O–H groups in total. The summed E-state index contributed by atoms with van der Waals surface area (Å²) in [5, 5.41) is 9.80. The molecule has 0 atom stereocenters. The molecule has 0 radical (unpaired) electrons. The van der Waals surface area contributed by atoms with Crippen molar-refractivity contribution in [3.63, 3.8) is 0 Å². The first kappa shape index (κ1) is 10.1. The molecule has 0 aromatic heterocycles. The smallest absolute Gasteiger partial charge is 0.319 e. The Morgan fingerprint density at radius 2 is 2.18 bits per heavy atom. The van der Waals surface area contributed by atoms with E-state index in [0.29, 0.717) is 18.9 Å². The Hall–Kier alpha value is -0.900. The lowest BCUT2D eigenvalue weighted by atomic mass is 10.4. The van der Waals surface area contributed by atoms with Crippen molar-refractivity contribution < 1.29 is 9.53 Å². The van der Waals surface area contributed by atoms with Crippen LogP contribution in [0.2, 0.25) is 0 Å². The molecule has 0 aliphatic rings. The fourth-order valence-corrected chi connectivity index (χ4v) is 0.564. The Bertz CT molecular complexity index is 145. The van der Waals surface area contributed by atoms with E-state index in [4.69, 9.17) is 5.41 Å². The highest BCUT2D eigenvalue weighted by molar-refractivity contribution is 5.81. The van der Waals surface area contributed by atoms with Gasteiger partial charge >= 0.3 is 5.97 Å². The predicted molar refractivity (Wildman–Crippen MR) is 42.9 cm³/mol. The number of carbonyl (C=O) groups is 1. The zero-order chi connectivity index (χ0) is 8.69. The van der Waals surface area contributed by atoms with E-state index in [2.05, 4.69) is 10.1 Å². The minimum Gasteiger partial charge on any atom is -0.465 e. The van der Waals surface area contributed by atoms with Crippen LogP contribution >= 0.6 is 0 Å². The van der Waals surface area contributed by atoms with E-state index in [1.807, 2.05) is 0 Å². The topological polar surface area (TPSA) is 62.2 Å². The number of ether oxygens (including phenoxy) is 1. The molecule has 0 spiro atoms. The van der Waals surface area contributed by atoms with Gasteiger partial charge in [0.15, 0.2) is 0 Å². The maximum absolute atomic E-state index is 10.7. The molecule has 0 rings (SSSR count). The summed E-state index contributed by atoms with van der Waals surface area (Å²) in [7, 11) is 0. The van der Waals surface area contributed by atoms with Crippen molar-refractivity contribution in [2.24, 2.45) is 0 Å². The summed E-state index contributed by atoms with van der Waals surface area (Å²) in [6.45, 7) is 4.48. The van der Waals surface area contributed by atoms with Gasteiger partial charge in [-0.1, -0.05) is 0 Å². The van der Waals surface area contributed by atoms with Crippen LogP contribution in [0, 0.1) is 5.41 Å². The van der Waals surface area contributed by atoms with Crippen molar-refractivity contribution in [3.8, 4) is 0 Å². The van der Waals surface area contributed by atoms with Gasteiger partial charge in [0, 0.05) is 12.3 Å². The zero-order valence-electron chi connectivity index (χ0n) is 6.94. The molecule has 0 bridgehead atoms. The van der Waals surface area contributed by atoms with Crippen molar-refractivity contribution in [1.29, 1.82) is 5.41 Å². The van der Waals surface area contributed by atoms with E-state index in [1.165, 1.54) is 0 Å². The lowest BCUT2D eigenvalue weighted by Gasteiger charge is -2.02. The van der Waals surface area contributed by atoms with Crippen LogP contribution in [0.3, 0.4) is 0 Å². The summed E-state index contributed by atoms with van der Waals surface area (Å²) in [5.74, 6) is -0.270. The van der Waals surface area contributed by atoms with Crippen LogP contribution in [0.4, 0.5) is 0 Å². The largest absolute Gasteiger partial charge is 0.465 e. The molecular formula is C7H14N2O2. The zero-order valence-corrected chi connectivity index (χ0v) is 6.94. The fraction of sp³-hybridized carbons (Fsp3) is 0.714. The summed E-state index contributed by atoms with van der Waals surface area (Å²) in [5.41, 5.74) is 0.509. The lowest BCUT2D eigenvalue weighted by Crippen LogP contribution is -2.28. The van der Waals surface area contributed by atoms with E-state index < -0.39 is 0 Å². The lowest BCUT2D eigenvalue weighted by molar-refractivity contribution is -0.141. The number of hydrogen-bond donors (Lipinski definition) is 2. The summed E-state index contributed by atoms with van der Waals surface area (Å²) in [6.07, 6.45) is 0. The van der Waals surface area contributed by atoms with Gasteiger partial charge in [-0.2, -0.15) is 0 Å². The number of hydrogen-bond acceptors (Lipinski definition) is 4. The Kier molecular flexibility index (Phi) is 5.37. The molecule has 0 aliphatic carbocycles. The second-order valence-corrected chi connectivity index (χ2v) is 2.19. The first-order valence-corrected chi connectivity index (χ1v) is 3.57. The molecule has 0 amide bonds. The molecular weight excluding hydrogens is 144 g/mol. The van der Waals surface area contributed by atoms with Crippen molar-refractivity contribution in [1.82, 2.24) is 5.32 Å². The fourth-order valence-electron chi connectivity index (χ4n) is 0.564. The summed E-state index contributed by atoms with van der Waals surface area (Å²) in [6, 6.07) is 0. The minimum atomic E-state index is -0.270. The Morgan fingerprint density at radius 1 is 1.55 bits per heavy atom. The van der Waals surface area contributed by atoms with Gasteiger partial charge in [0.2, 0.25) is 0 Å². The van der Waals surface area contributed by atoms with Gasteiger partial charge in [0.05, 0.1) is 13.2 Å². The third kappa shape index (κ3) is 6.99. The molecule has 0 saturated heterocycles. The average molecular weight is 158 g/mol. The molecule has 4 heteroatoms. The summed E-state index contributed by atoms with van der Waals surface area (Å²) < 4.78 is 4.65. The number of esters is 1. The molecule has 64 valence electrons. The Balaban J connectivity index is 3.24. The summed E-state index contributed by atoms with van der Waals surface area (Å²) >= 11 is 0. The number of nitrogens with one attached hydrogen (secondary N) is 2. The van der Waals surface area contributed by atoms with Crippen molar-refractivity contribution in [3.05, 3.63) is 0 Å². The maximum atomic E-state index is 10.7. The van der Waals surface area contributed by atoms with Crippen molar-refractivity contribution >= 4 is 11.7 Å². The first-order chi connectivity index (χ1) is 5.16. The van der Waals surface area contributed by atoms with Crippen LogP contribution in [-0.2, 0) is 9.53 Å². The first-order valence-electron chi connectivity index (χ1n) is 3.57. The van der Waals surface area contributed by atoms with E-state index >= 15 is 0 Å². The average Bonchev–Trinajstić information content (AvgIpc) is 1.87. The molecule has 0 aromatic carbocycles. The van der Waals surface area contributed by atoms with E-state index in [9.17, 15) is 4.79 Å². The third-order valence-corrected chi connectivity index (χ3v) is 0.965. The maximum Gasteiger partial charge on any atom is 0.319 e. The molecule has 4 nitrogen and oxygen atoms in total. The van der Waals surface area contributed by atoms with Gasteiger partial charge in [-0.25, -0.2) is 0 Å². The van der Waals surface area contributed by atoms with E-state index in [0.717, 1.165) is 0 Å². The van der Waals surface area contributed by atoms with Crippen LogP contribution in [0.1, 0.15) is 13.8 Å². The highest BCUT2D eigenvalue weighted by Gasteiger charge is 1.98. The minimum absolute atomic E-state index is 0.185. The SMILES string of the molecule is CCOC(=O)CNCC(C)=N. The third-order valence-electron chi connectivity index (χ3n) is 0.965. The normalized spacial score (nSPS) is 9.27. The molecule has 0 aromatic rings. The van der Waals surface area contributed by atoms with Crippen LogP contribution in [-0.4, -0.2) is 31.4 Å². The van der Waals surface area contributed by atoms with Gasteiger partial charge in [0.25, 0.3) is 0 Å². The van der Waals surface area contributed by atoms with Crippen molar-refractivity contribution in [2.45, 2.75) is 13.8 Å². The van der Waals surface area contributed by atoms with Gasteiger partial charge in [-0.15, -0.1) is 0 Å². The van der Waals surface area contributed by atoms with Gasteiger partial charge < -0.3 is 15.5 Å². The Labute approximate surface area is 66.4 Å². The molecule has 0 heterocycles. The molecule has 0 unspecified atom stereocenters. The summed E-state index contributed by atoms with van der Waals surface area (Å²) in [4.78, 5) is 10.7. The van der Waals surface area contributed by atoms with Gasteiger partial charge in [-0.3, -0.25) is 4.79 Å². The standard InChI is InChI=1S/C7H14N2O2/c1-3-11-7(10)5-9-4-6(2)8/h8-9H,3-5H2,1-2H3. The predicted octanol–water partition coefficient (Wildman–Crippen LogP) is 0.179. The monoisotopic (exact) mass is 158 g/mol. The molecule has 0 fully saturated rings. The van der Waals surface area contributed by atoms with E-state index in [-0.39, 0.29) is 12.5 Å². The number of carbonyl (C=O) groups excluding carboxylic acids is 1. The van der Waals surface area contributed by atoms with Crippen LogP contribution < -0.4 is 5.32 Å². The van der Waals surface area contributed by atoms with E-state index in [1.54, 1.807) is 13.8 Å². The second kappa shape index (κ2) is 5.85. The molecule has 0 aliphatic heterocycles. The quantitative estimate of drug-likeness (QED) is 0.443. The van der Waals surface area contributed by atoms with Gasteiger partial charge in [-0.05, 0) is 13.8 Å². The van der Waals surface area contributed by atoms with Crippen molar-refractivity contribution in [2.75, 3.05) is 19.7 Å².